The lowest BCUT2D eigenvalue weighted by molar-refractivity contribution is -0.137. The van der Waals surface area contributed by atoms with Crippen molar-refractivity contribution in [2.24, 2.45) is 5.92 Å². The van der Waals surface area contributed by atoms with Gasteiger partial charge in [0, 0.05) is 19.5 Å². The maximum Gasteiger partial charge on any atom is 0.303 e. The van der Waals surface area contributed by atoms with E-state index in [0.717, 1.165) is 32.5 Å². The summed E-state index contributed by atoms with van der Waals surface area (Å²) in [5.74, 6) is -0.161. The molecule has 0 aromatic rings. The van der Waals surface area contributed by atoms with Crippen LogP contribution in [0.4, 0.5) is 0 Å². The smallest absolute Gasteiger partial charge is 0.303 e. The number of nitrogens with zero attached hydrogens (tertiary/aromatic N) is 1. The SMILES string of the molecule is CC(CCC(=O)O)CCN1CC=CC1. The maximum atomic E-state index is 10.3. The van der Waals surface area contributed by atoms with Crippen molar-refractivity contribution in [2.75, 3.05) is 19.6 Å². The van der Waals surface area contributed by atoms with Gasteiger partial charge in [-0.1, -0.05) is 19.1 Å². The zero-order valence-electron chi connectivity index (χ0n) is 8.78. The van der Waals surface area contributed by atoms with Gasteiger partial charge >= 0.3 is 5.97 Å². The predicted molar refractivity (Wildman–Crippen MR) is 56.2 cm³/mol. The van der Waals surface area contributed by atoms with E-state index in [1.54, 1.807) is 0 Å². The normalized spacial score (nSPS) is 18.6. The van der Waals surface area contributed by atoms with Gasteiger partial charge in [0.25, 0.3) is 0 Å². The van der Waals surface area contributed by atoms with Crippen molar-refractivity contribution in [3.8, 4) is 0 Å². The van der Waals surface area contributed by atoms with Gasteiger partial charge in [-0.2, -0.15) is 0 Å². The van der Waals surface area contributed by atoms with Crippen molar-refractivity contribution < 1.29 is 9.90 Å². The molecule has 80 valence electrons. The number of hydrogen-bond acceptors (Lipinski definition) is 2. The highest BCUT2D eigenvalue weighted by Crippen LogP contribution is 2.12. The first kappa shape index (κ1) is 11.2. The van der Waals surface area contributed by atoms with Crippen LogP contribution in [0.1, 0.15) is 26.2 Å². The highest BCUT2D eigenvalue weighted by Gasteiger charge is 2.09. The molecule has 0 saturated carbocycles. The molecule has 0 aromatic carbocycles. The Morgan fingerprint density at radius 3 is 2.64 bits per heavy atom. The molecule has 0 saturated heterocycles. The first-order valence-electron chi connectivity index (χ1n) is 5.27. The third kappa shape index (κ3) is 4.42. The molecule has 1 N–H and O–H groups in total. The molecule has 1 aliphatic rings. The van der Waals surface area contributed by atoms with Crippen molar-refractivity contribution in [3.63, 3.8) is 0 Å². The Hall–Kier alpha value is -0.830. The molecule has 1 rings (SSSR count). The molecule has 14 heavy (non-hydrogen) atoms. The monoisotopic (exact) mass is 197 g/mol. The van der Waals surface area contributed by atoms with E-state index < -0.39 is 5.97 Å². The van der Waals surface area contributed by atoms with E-state index in [4.69, 9.17) is 5.11 Å². The largest absolute Gasteiger partial charge is 0.481 e. The number of carboxylic acid groups (broad SMARTS) is 1. The quantitative estimate of drug-likeness (QED) is 0.659. The highest BCUT2D eigenvalue weighted by atomic mass is 16.4. The molecule has 0 amide bonds. The third-order valence-corrected chi connectivity index (χ3v) is 2.68. The van der Waals surface area contributed by atoms with Gasteiger partial charge in [0.15, 0.2) is 0 Å². The summed E-state index contributed by atoms with van der Waals surface area (Å²) in [6.07, 6.45) is 6.58. The molecular weight excluding hydrogens is 178 g/mol. The Labute approximate surface area is 85.4 Å². The minimum Gasteiger partial charge on any atom is -0.481 e. The van der Waals surface area contributed by atoms with Gasteiger partial charge in [0.05, 0.1) is 0 Å². The van der Waals surface area contributed by atoms with Crippen LogP contribution in [0.25, 0.3) is 0 Å². The summed E-state index contributed by atoms with van der Waals surface area (Å²) in [5, 5.41) is 8.52. The Kier molecular flexibility index (Phi) is 4.66. The molecule has 3 nitrogen and oxygen atoms in total. The van der Waals surface area contributed by atoms with E-state index in [1.165, 1.54) is 0 Å². The molecule has 1 heterocycles. The number of aliphatic carboxylic acids is 1. The maximum absolute atomic E-state index is 10.3. The fraction of sp³-hybridized carbons (Fsp3) is 0.727. The fourth-order valence-electron chi connectivity index (χ4n) is 1.62. The van der Waals surface area contributed by atoms with Crippen LogP contribution in [0.3, 0.4) is 0 Å². The van der Waals surface area contributed by atoms with Crippen LogP contribution in [-0.2, 0) is 4.79 Å². The van der Waals surface area contributed by atoms with Gasteiger partial charge in [0.2, 0.25) is 0 Å². The van der Waals surface area contributed by atoms with E-state index in [1.807, 2.05) is 0 Å². The average molecular weight is 197 g/mol. The van der Waals surface area contributed by atoms with Crippen LogP contribution in [0.5, 0.6) is 0 Å². The van der Waals surface area contributed by atoms with Gasteiger partial charge in [0.1, 0.15) is 0 Å². The van der Waals surface area contributed by atoms with Crippen LogP contribution in [-0.4, -0.2) is 35.6 Å². The summed E-state index contributed by atoms with van der Waals surface area (Å²) in [6, 6.07) is 0. The minimum absolute atomic E-state index is 0.305. The van der Waals surface area contributed by atoms with Gasteiger partial charge in [-0.25, -0.2) is 0 Å². The summed E-state index contributed by atoms with van der Waals surface area (Å²) in [4.78, 5) is 12.7. The fourth-order valence-corrected chi connectivity index (χ4v) is 1.62. The van der Waals surface area contributed by atoms with Crippen LogP contribution in [0, 0.1) is 5.92 Å². The zero-order chi connectivity index (χ0) is 10.4. The van der Waals surface area contributed by atoms with Crippen LogP contribution in [0.15, 0.2) is 12.2 Å². The average Bonchev–Trinajstić information content (AvgIpc) is 2.63. The Morgan fingerprint density at radius 2 is 2.07 bits per heavy atom. The molecular formula is C11H19NO2. The van der Waals surface area contributed by atoms with Gasteiger partial charge in [-0.15, -0.1) is 0 Å². The molecule has 1 atom stereocenters. The van der Waals surface area contributed by atoms with Crippen molar-refractivity contribution >= 4 is 5.97 Å². The van der Waals surface area contributed by atoms with Crippen molar-refractivity contribution in [1.82, 2.24) is 4.90 Å². The minimum atomic E-state index is -0.681. The van der Waals surface area contributed by atoms with Crippen LogP contribution < -0.4 is 0 Å². The highest BCUT2D eigenvalue weighted by molar-refractivity contribution is 5.66. The molecule has 1 aliphatic heterocycles. The standard InChI is InChI=1S/C11H19NO2/c1-10(4-5-11(13)14)6-9-12-7-2-3-8-12/h2-3,10H,4-9H2,1H3,(H,13,14). The number of carbonyl (C=O) groups is 1. The summed E-state index contributed by atoms with van der Waals surface area (Å²) in [5.41, 5.74) is 0. The predicted octanol–water partition coefficient (Wildman–Crippen LogP) is 1.75. The first-order valence-corrected chi connectivity index (χ1v) is 5.27. The number of hydrogen-bond donors (Lipinski definition) is 1. The molecule has 3 heteroatoms. The second-order valence-electron chi connectivity index (χ2n) is 4.06. The molecule has 0 fully saturated rings. The van der Waals surface area contributed by atoms with Crippen molar-refractivity contribution in [2.45, 2.75) is 26.2 Å². The second kappa shape index (κ2) is 5.81. The zero-order valence-corrected chi connectivity index (χ0v) is 8.78. The lowest BCUT2D eigenvalue weighted by Crippen LogP contribution is -2.22. The lowest BCUT2D eigenvalue weighted by atomic mass is 10.0. The molecule has 0 radical (unpaired) electrons. The van der Waals surface area contributed by atoms with Gasteiger partial charge in [-0.05, 0) is 25.3 Å². The molecule has 0 spiro atoms. The summed E-state index contributed by atoms with van der Waals surface area (Å²) in [6.45, 7) is 5.34. The van der Waals surface area contributed by atoms with E-state index in [9.17, 15) is 4.79 Å². The summed E-state index contributed by atoms with van der Waals surface area (Å²) >= 11 is 0. The molecule has 1 unspecified atom stereocenters. The Bertz CT molecular complexity index is 205. The van der Waals surface area contributed by atoms with Gasteiger partial charge < -0.3 is 5.11 Å². The first-order chi connectivity index (χ1) is 6.68. The van der Waals surface area contributed by atoms with Crippen LogP contribution >= 0.6 is 0 Å². The van der Waals surface area contributed by atoms with Crippen molar-refractivity contribution in [1.29, 1.82) is 0 Å². The summed E-state index contributed by atoms with van der Waals surface area (Å²) in [7, 11) is 0. The van der Waals surface area contributed by atoms with E-state index in [0.29, 0.717) is 12.3 Å². The number of rotatable bonds is 6. The van der Waals surface area contributed by atoms with Crippen molar-refractivity contribution in [3.05, 3.63) is 12.2 Å². The van der Waals surface area contributed by atoms with Crippen LogP contribution in [0.2, 0.25) is 0 Å². The molecule has 0 aliphatic carbocycles. The second-order valence-corrected chi connectivity index (χ2v) is 4.06. The third-order valence-electron chi connectivity index (χ3n) is 2.68. The van der Waals surface area contributed by atoms with E-state index >= 15 is 0 Å². The van der Waals surface area contributed by atoms with E-state index in [2.05, 4.69) is 24.0 Å². The van der Waals surface area contributed by atoms with E-state index in [-0.39, 0.29) is 0 Å². The molecule has 0 aromatic heterocycles. The Morgan fingerprint density at radius 1 is 1.43 bits per heavy atom. The van der Waals surface area contributed by atoms with Gasteiger partial charge in [-0.3, -0.25) is 9.69 Å². The number of carboxylic acids is 1. The Balaban J connectivity index is 2.02. The molecule has 0 bridgehead atoms. The lowest BCUT2D eigenvalue weighted by Gasteiger charge is -2.17. The topological polar surface area (TPSA) is 40.5 Å². The summed E-state index contributed by atoms with van der Waals surface area (Å²) < 4.78 is 0.